The van der Waals surface area contributed by atoms with Crippen LogP contribution in [0.3, 0.4) is 0 Å². The van der Waals surface area contributed by atoms with Gasteiger partial charge in [0.15, 0.2) is 0 Å². The molecule has 65 valence electrons. The van der Waals surface area contributed by atoms with Gasteiger partial charge in [0.2, 0.25) is 5.89 Å². The molecule has 0 saturated heterocycles. The number of para-hydroxylation sites is 1. The van der Waals surface area contributed by atoms with Gasteiger partial charge in [0.05, 0.1) is 18.9 Å². The van der Waals surface area contributed by atoms with Crippen LogP contribution in [0.15, 0.2) is 35.1 Å². The molecule has 13 heavy (non-hydrogen) atoms. The Kier molecular flexibility index (Phi) is 2.00. The lowest BCUT2D eigenvalue weighted by atomic mass is 10.2. The summed E-state index contributed by atoms with van der Waals surface area (Å²) in [4.78, 5) is 4.03. The van der Waals surface area contributed by atoms with Crippen molar-refractivity contribution in [3.8, 4) is 17.2 Å². The second-order valence-electron chi connectivity index (χ2n) is 2.45. The van der Waals surface area contributed by atoms with Crippen molar-refractivity contribution in [1.29, 1.82) is 0 Å². The highest BCUT2D eigenvalue weighted by Crippen LogP contribution is 2.27. The van der Waals surface area contributed by atoms with Crippen LogP contribution in [0.1, 0.15) is 0 Å². The van der Waals surface area contributed by atoms with E-state index in [-0.39, 0.29) is 0 Å². The number of nitrogens with zero attached hydrogens (tertiary/aromatic N) is 1. The molecule has 0 fully saturated rings. The molecule has 3 heteroatoms. The molecule has 0 aliphatic rings. The number of benzene rings is 1. The highest BCUT2D eigenvalue weighted by molar-refractivity contribution is 5.61. The number of hydrogen-bond donors (Lipinski definition) is 0. The van der Waals surface area contributed by atoms with Gasteiger partial charge >= 0.3 is 0 Å². The minimum absolute atomic E-state index is 0.550. The van der Waals surface area contributed by atoms with Crippen LogP contribution in [0.5, 0.6) is 5.75 Å². The summed E-state index contributed by atoms with van der Waals surface area (Å²) in [5.74, 6) is 1.19. The van der Waals surface area contributed by atoms with Gasteiger partial charge in [-0.3, -0.25) is 0 Å². The smallest absolute Gasteiger partial charge is 0.229 e. The lowest BCUT2D eigenvalue weighted by Crippen LogP contribution is -1.87. The third-order valence-corrected chi connectivity index (χ3v) is 1.69. The summed E-state index contributed by atoms with van der Waals surface area (Å²) in [5, 5.41) is 0. The Morgan fingerprint density at radius 3 is 3.15 bits per heavy atom. The van der Waals surface area contributed by atoms with E-state index in [1.165, 1.54) is 6.26 Å². The lowest BCUT2D eigenvalue weighted by molar-refractivity contribution is 0.413. The molecule has 3 nitrogen and oxygen atoms in total. The van der Waals surface area contributed by atoms with Gasteiger partial charge in [-0.1, -0.05) is 12.1 Å². The molecule has 0 aliphatic heterocycles. The van der Waals surface area contributed by atoms with Crippen molar-refractivity contribution in [2.75, 3.05) is 7.11 Å². The summed E-state index contributed by atoms with van der Waals surface area (Å²) >= 11 is 0. The molecular formula is C10H8NO2. The Morgan fingerprint density at radius 1 is 1.54 bits per heavy atom. The summed E-state index contributed by atoms with van der Waals surface area (Å²) in [6.45, 7) is 0. The summed E-state index contributed by atoms with van der Waals surface area (Å²) < 4.78 is 10.3. The van der Waals surface area contributed by atoms with Crippen molar-refractivity contribution in [2.45, 2.75) is 0 Å². The third-order valence-electron chi connectivity index (χ3n) is 1.69. The second kappa shape index (κ2) is 3.31. The largest absolute Gasteiger partial charge is 0.495 e. The van der Waals surface area contributed by atoms with Gasteiger partial charge in [0.1, 0.15) is 12.0 Å². The maximum atomic E-state index is 5.15. The lowest BCUT2D eigenvalue weighted by Gasteiger charge is -2.02. The molecule has 1 aromatic carbocycles. The van der Waals surface area contributed by atoms with Crippen LogP contribution >= 0.6 is 0 Å². The van der Waals surface area contributed by atoms with Crippen molar-refractivity contribution in [1.82, 2.24) is 4.98 Å². The van der Waals surface area contributed by atoms with Crippen LogP contribution in [0.25, 0.3) is 11.5 Å². The number of ether oxygens (including phenoxy) is 1. The number of oxazole rings is 1. The molecule has 1 aromatic heterocycles. The van der Waals surface area contributed by atoms with Gasteiger partial charge in [-0.2, -0.15) is 0 Å². The Hall–Kier alpha value is -1.77. The zero-order chi connectivity index (χ0) is 9.10. The Bertz CT molecular complexity index is 382. The van der Waals surface area contributed by atoms with Crippen molar-refractivity contribution < 1.29 is 9.15 Å². The third kappa shape index (κ3) is 1.40. The Morgan fingerprint density at radius 2 is 2.46 bits per heavy atom. The molecule has 0 bridgehead atoms. The van der Waals surface area contributed by atoms with Crippen LogP contribution in [0, 0.1) is 6.07 Å². The fraction of sp³-hybridized carbons (Fsp3) is 0.100. The predicted molar refractivity (Wildman–Crippen MR) is 47.3 cm³/mol. The van der Waals surface area contributed by atoms with Crippen LogP contribution < -0.4 is 4.74 Å². The van der Waals surface area contributed by atoms with E-state index < -0.39 is 0 Å². The molecular weight excluding hydrogens is 166 g/mol. The quantitative estimate of drug-likeness (QED) is 0.699. The van der Waals surface area contributed by atoms with Crippen molar-refractivity contribution in [3.05, 3.63) is 36.7 Å². The van der Waals surface area contributed by atoms with Gasteiger partial charge in [-0.25, -0.2) is 4.98 Å². The number of methoxy groups -OCH3 is 1. The monoisotopic (exact) mass is 174 g/mol. The Labute approximate surface area is 76.0 Å². The molecule has 0 aliphatic carbocycles. The summed E-state index contributed by atoms with van der Waals surface area (Å²) in [7, 11) is 1.60. The summed E-state index contributed by atoms with van der Waals surface area (Å²) in [6, 6.07) is 8.48. The van der Waals surface area contributed by atoms with Crippen molar-refractivity contribution in [3.63, 3.8) is 0 Å². The first kappa shape index (κ1) is 7.86. The van der Waals surface area contributed by atoms with Crippen LogP contribution in [-0.2, 0) is 0 Å². The average molecular weight is 174 g/mol. The number of rotatable bonds is 2. The molecule has 0 atom stereocenters. The summed E-state index contributed by atoms with van der Waals surface area (Å²) in [5.41, 5.74) is 0.815. The van der Waals surface area contributed by atoms with E-state index in [4.69, 9.17) is 9.15 Å². The molecule has 1 heterocycles. The molecule has 0 saturated carbocycles. The summed E-state index contributed by atoms with van der Waals surface area (Å²) in [6.07, 6.45) is 3.13. The molecule has 0 unspecified atom stereocenters. The maximum absolute atomic E-state index is 5.15. The minimum atomic E-state index is 0.550. The normalized spacial score (nSPS) is 9.92. The van der Waals surface area contributed by atoms with Crippen molar-refractivity contribution in [2.24, 2.45) is 0 Å². The van der Waals surface area contributed by atoms with E-state index in [2.05, 4.69) is 11.1 Å². The van der Waals surface area contributed by atoms with E-state index in [0.717, 1.165) is 5.56 Å². The van der Waals surface area contributed by atoms with E-state index in [1.54, 1.807) is 19.4 Å². The SMILES string of the molecule is COc1[c]cccc1-c1ncco1. The highest BCUT2D eigenvalue weighted by atomic mass is 16.5. The van der Waals surface area contributed by atoms with Crippen LogP contribution in [0.4, 0.5) is 0 Å². The van der Waals surface area contributed by atoms with Crippen LogP contribution in [0.2, 0.25) is 0 Å². The molecule has 2 rings (SSSR count). The molecule has 0 N–H and O–H groups in total. The number of aromatic nitrogens is 1. The molecule has 2 aromatic rings. The van der Waals surface area contributed by atoms with Gasteiger partial charge < -0.3 is 9.15 Å². The minimum Gasteiger partial charge on any atom is -0.495 e. The fourth-order valence-electron chi connectivity index (χ4n) is 1.12. The molecule has 0 spiro atoms. The van der Waals surface area contributed by atoms with E-state index in [0.29, 0.717) is 11.6 Å². The maximum Gasteiger partial charge on any atom is 0.229 e. The van der Waals surface area contributed by atoms with Crippen molar-refractivity contribution >= 4 is 0 Å². The topological polar surface area (TPSA) is 35.3 Å². The van der Waals surface area contributed by atoms with Gasteiger partial charge in [0, 0.05) is 6.07 Å². The standard InChI is InChI=1S/C10H8NO2/c1-12-9-5-3-2-4-8(9)10-11-6-7-13-10/h2-4,6-7H,1H3. The van der Waals surface area contributed by atoms with Gasteiger partial charge in [-0.15, -0.1) is 0 Å². The van der Waals surface area contributed by atoms with Gasteiger partial charge in [0.25, 0.3) is 0 Å². The number of hydrogen-bond acceptors (Lipinski definition) is 3. The molecule has 0 amide bonds. The van der Waals surface area contributed by atoms with Gasteiger partial charge in [-0.05, 0) is 6.07 Å². The predicted octanol–water partition coefficient (Wildman–Crippen LogP) is 2.15. The first-order valence-corrected chi connectivity index (χ1v) is 3.86. The highest BCUT2D eigenvalue weighted by Gasteiger charge is 2.07. The zero-order valence-electron chi connectivity index (χ0n) is 7.15. The fourth-order valence-corrected chi connectivity index (χ4v) is 1.12. The van der Waals surface area contributed by atoms with E-state index in [1.807, 2.05) is 12.1 Å². The van der Waals surface area contributed by atoms with E-state index in [9.17, 15) is 0 Å². The first-order valence-electron chi connectivity index (χ1n) is 3.86. The molecule has 1 radical (unpaired) electrons. The average Bonchev–Trinajstić information content (AvgIpc) is 2.70. The first-order chi connectivity index (χ1) is 6.42. The Balaban J connectivity index is 2.51. The second-order valence-corrected chi connectivity index (χ2v) is 2.45. The zero-order valence-corrected chi connectivity index (χ0v) is 7.15. The van der Waals surface area contributed by atoms with Crippen LogP contribution in [-0.4, -0.2) is 12.1 Å². The van der Waals surface area contributed by atoms with E-state index >= 15 is 0 Å².